The number of H-pyrrole nitrogens is 1. The van der Waals surface area contributed by atoms with Crippen LogP contribution in [0.1, 0.15) is 80.3 Å². The number of phenolic OH excluding ortho intramolecular Hbond substituents is 2. The van der Waals surface area contributed by atoms with Crippen molar-refractivity contribution in [2.45, 2.75) is 85.4 Å². The number of aromatic amines is 1. The van der Waals surface area contributed by atoms with Crippen molar-refractivity contribution in [3.05, 3.63) is 142 Å². The molecule has 10 aromatic rings. The minimum absolute atomic E-state index is 0.00369. The number of nitrogens with one attached hydrogen (secondary N) is 1. The number of aromatic nitrogens is 8. The number of carbonyl (C=O) groups is 6. The summed E-state index contributed by atoms with van der Waals surface area (Å²) in [6, 6.07) is 26.6. The zero-order valence-corrected chi connectivity index (χ0v) is 69.1. The summed E-state index contributed by atoms with van der Waals surface area (Å²) in [6.07, 6.45) is 10.9. The van der Waals surface area contributed by atoms with Gasteiger partial charge in [0.25, 0.3) is 0 Å². The van der Waals surface area contributed by atoms with Crippen molar-refractivity contribution in [1.29, 1.82) is 0 Å². The van der Waals surface area contributed by atoms with E-state index in [0.29, 0.717) is 102 Å². The van der Waals surface area contributed by atoms with Crippen LogP contribution in [-0.4, -0.2) is 272 Å². The lowest BCUT2D eigenvalue weighted by molar-refractivity contribution is -0.134. The highest BCUT2D eigenvalue weighted by atomic mass is 32.1. The number of rotatable bonds is 25. The molecule has 6 aliphatic rings. The van der Waals surface area contributed by atoms with Crippen LogP contribution in [0, 0.1) is 0 Å². The Labute approximate surface area is 692 Å². The molecule has 3 aromatic carbocycles. The number of fused-ring (bicyclic) bond motifs is 4. The van der Waals surface area contributed by atoms with Crippen LogP contribution in [0.3, 0.4) is 0 Å². The number of anilines is 3. The molecule has 0 unspecified atom stereocenters. The molecule has 6 fully saturated rings. The predicted octanol–water partition coefficient (Wildman–Crippen LogP) is 11.0. The summed E-state index contributed by atoms with van der Waals surface area (Å²) < 4.78 is 20.0. The average Bonchev–Trinajstić information content (AvgIpc) is 1.66. The largest absolute Gasteiger partial charge is 0.508 e. The van der Waals surface area contributed by atoms with Gasteiger partial charge in [-0.05, 0) is 86.5 Å². The Morgan fingerprint density at radius 1 is 0.470 bits per heavy atom. The van der Waals surface area contributed by atoms with Gasteiger partial charge in [-0.15, -0.1) is 34.0 Å². The van der Waals surface area contributed by atoms with Crippen LogP contribution >= 0.6 is 34.0 Å². The lowest BCUT2D eigenvalue weighted by Crippen LogP contribution is -2.48. The second-order valence-electron chi connectivity index (χ2n) is 29.8. The van der Waals surface area contributed by atoms with Crippen LogP contribution in [0.2, 0.25) is 0 Å². The highest BCUT2D eigenvalue weighted by molar-refractivity contribution is 7.20. The number of thiophene rings is 3. The summed E-state index contributed by atoms with van der Waals surface area (Å²) in [7, 11) is 0. The molecule has 0 radical (unpaired) electrons. The van der Waals surface area contributed by atoms with Crippen LogP contribution in [0.5, 0.6) is 11.5 Å². The minimum Gasteiger partial charge on any atom is -0.508 e. The Morgan fingerprint density at radius 3 is 1.25 bits per heavy atom. The maximum absolute atomic E-state index is 12.7. The first kappa shape index (κ1) is 83.2. The Kier molecular flexibility index (Phi) is 28.2. The number of allylic oxidation sites excluding steroid dienone is 5. The summed E-state index contributed by atoms with van der Waals surface area (Å²) in [5, 5.41) is 28.3. The van der Waals surface area contributed by atoms with Gasteiger partial charge in [0.05, 0.1) is 82.0 Å². The van der Waals surface area contributed by atoms with E-state index in [9.17, 15) is 39.0 Å². The number of Topliss-reactive ketones (excluding diaryl/α,β-unsaturated/α-hetero) is 1. The van der Waals surface area contributed by atoms with E-state index in [-0.39, 0.29) is 85.1 Å². The number of benzene rings is 3. The molecular weight excluding hydrogens is 1540 g/mol. The van der Waals surface area contributed by atoms with Crippen LogP contribution in [0.25, 0.3) is 75.7 Å². The first-order chi connectivity index (χ1) is 56.9. The fourth-order valence-electron chi connectivity index (χ4n) is 15.0. The summed E-state index contributed by atoms with van der Waals surface area (Å²) in [5.74, 6) is 5.17. The quantitative estimate of drug-likeness (QED) is 0.0448. The minimum atomic E-state index is -0.0477. The van der Waals surface area contributed by atoms with Crippen molar-refractivity contribution in [2.75, 3.05) is 172 Å². The number of piperazine rings is 3. The highest BCUT2D eigenvalue weighted by Crippen LogP contribution is 2.40. The van der Waals surface area contributed by atoms with E-state index in [1.807, 2.05) is 64.2 Å². The topological polar surface area (TPSA) is 306 Å². The van der Waals surface area contributed by atoms with Crippen molar-refractivity contribution < 1.29 is 53.2 Å². The van der Waals surface area contributed by atoms with Gasteiger partial charge in [-0.1, -0.05) is 62.1 Å². The Hall–Kier alpha value is -10.4. The number of hydrogen-bond acceptors (Lipinski definition) is 27. The average molecular weight is 1650 g/mol. The van der Waals surface area contributed by atoms with Gasteiger partial charge in [0.2, 0.25) is 17.7 Å². The van der Waals surface area contributed by atoms with Crippen molar-refractivity contribution in [1.82, 2.24) is 69.5 Å². The fraction of sp³-hybridized carbons (Fsp3) is 0.430. The standard InChI is InChI=1S/C30H35N7O3S.2C28H33N5O4S/c1-2-3-5-21(38)8-9-27(39)36-12-10-35(11-13-36)20-22-18-26-28(41-22)30(37-14-16-40-17-15-37)33-29(32-26)23-6-4-7-25-24(23)19-31-34-25;1-19(2)24(35)6-7-25(36)32-10-8-31(9-11-32)18-22-17-23-26(38-22)28(33-12-14-37-15-13-33)30-27(29-23)20-4-3-5-21(34)16-20;1-2-4-21(34)7-8-25(36)32-11-9-31(10-12-32)19-23-18-24-26(38-23)28(33-13-15-37-16-14-33)30-27(29-24)20-5-3-6-22(35)17-20/h3-7,18-19H,2,8-17,20H2,1H3,(H,31,34);3-5,16-17,34H,1,6-15,18H2,2H3;2-6,17-18,35H,7-16,19H2,1H3/b5-3+;;4-2+. The molecule has 0 bridgehead atoms. The molecule has 16 rings (SSSR count). The van der Waals surface area contributed by atoms with Gasteiger partial charge < -0.3 is 53.8 Å². The van der Waals surface area contributed by atoms with Gasteiger partial charge in [0.1, 0.15) is 11.5 Å². The van der Waals surface area contributed by atoms with E-state index in [1.165, 1.54) is 20.7 Å². The third kappa shape index (κ3) is 21.5. The van der Waals surface area contributed by atoms with Gasteiger partial charge in [0.15, 0.2) is 52.3 Å². The fourth-order valence-corrected chi connectivity index (χ4v) is 18.5. The van der Waals surface area contributed by atoms with Gasteiger partial charge in [-0.25, -0.2) is 29.9 Å². The molecule has 0 saturated carbocycles. The van der Waals surface area contributed by atoms with E-state index in [4.69, 9.17) is 44.1 Å². The van der Waals surface area contributed by atoms with Crippen LogP contribution < -0.4 is 14.7 Å². The number of ether oxygens (including phenoxy) is 3. The third-order valence-electron chi connectivity index (χ3n) is 21.5. The lowest BCUT2D eigenvalue weighted by Gasteiger charge is -2.34. The first-order valence-electron chi connectivity index (χ1n) is 40.4. The number of amides is 3. The molecule has 7 aromatic heterocycles. The summed E-state index contributed by atoms with van der Waals surface area (Å²) >= 11 is 5.19. The highest BCUT2D eigenvalue weighted by Gasteiger charge is 2.30. The molecule has 6 saturated heterocycles. The van der Waals surface area contributed by atoms with Crippen molar-refractivity contribution >= 4 is 128 Å². The molecule has 3 N–H and O–H groups in total. The Bertz CT molecular complexity index is 5250. The maximum Gasteiger partial charge on any atom is 0.223 e. The normalized spacial score (nSPS) is 16.8. The number of nitrogens with zero attached hydrogens (tertiary/aromatic N) is 16. The van der Waals surface area contributed by atoms with Crippen molar-refractivity contribution in [3.63, 3.8) is 0 Å². The van der Waals surface area contributed by atoms with Gasteiger partial charge in [-0.2, -0.15) is 5.10 Å². The Morgan fingerprint density at radius 2 is 0.855 bits per heavy atom. The second kappa shape index (κ2) is 39.7. The van der Waals surface area contributed by atoms with E-state index in [2.05, 4.69) is 64.4 Å². The molecule has 28 nitrogen and oxygen atoms in total. The molecule has 31 heteroatoms. The molecule has 6 aliphatic heterocycles. The van der Waals surface area contributed by atoms with E-state index in [0.717, 1.165) is 180 Å². The van der Waals surface area contributed by atoms with Crippen LogP contribution in [0.15, 0.2) is 128 Å². The Balaban J connectivity index is 0.000000145. The SMILES string of the molecule is C/C=C/C(=O)CCC(=O)N1CCN(Cc2cc3nc(-c4cccc(O)c4)nc(N4CCOCC4)c3s2)CC1.C=C(C)C(=O)CCC(=O)N1CCN(Cc2cc3nc(-c4cccc(O)c4)nc(N4CCOCC4)c3s2)CC1.CC/C=C/C(=O)CCC(=O)N1CCN(Cc2cc3nc(-c4cccc5[nH]ncc45)nc(N4CCOCC4)c3s2)CC1. The molecule has 13 heterocycles. The molecule has 0 aliphatic carbocycles. The number of morpholine rings is 3. The van der Waals surface area contributed by atoms with Crippen molar-refractivity contribution in [2.24, 2.45) is 0 Å². The molecular formula is C86H101N17O11S3. The summed E-state index contributed by atoms with van der Waals surface area (Å²) in [4.78, 5) is 126. The number of aromatic hydroxyl groups is 2. The van der Waals surface area contributed by atoms with E-state index >= 15 is 0 Å². The van der Waals surface area contributed by atoms with Crippen LogP contribution in [0.4, 0.5) is 17.5 Å². The van der Waals surface area contributed by atoms with E-state index < -0.39 is 0 Å². The van der Waals surface area contributed by atoms with Crippen LogP contribution in [-0.2, 0) is 62.6 Å². The summed E-state index contributed by atoms with van der Waals surface area (Å²) in [5.41, 5.74) is 6.73. The number of phenols is 2. The van der Waals surface area contributed by atoms with Gasteiger partial charge >= 0.3 is 0 Å². The lowest BCUT2D eigenvalue weighted by atomic mass is 10.1. The molecule has 117 heavy (non-hydrogen) atoms. The monoisotopic (exact) mass is 1640 g/mol. The van der Waals surface area contributed by atoms with Gasteiger partial charge in [-0.3, -0.25) is 48.6 Å². The molecule has 3 amide bonds. The number of hydrogen-bond donors (Lipinski definition) is 3. The molecule has 0 spiro atoms. The van der Waals surface area contributed by atoms with Gasteiger partial charge in [0, 0.05) is 213 Å². The molecule has 0 atom stereocenters. The summed E-state index contributed by atoms with van der Waals surface area (Å²) in [6.45, 7) is 29.0. The number of carbonyl (C=O) groups excluding carboxylic acids is 6. The zero-order chi connectivity index (χ0) is 81.3. The second-order valence-corrected chi connectivity index (χ2v) is 33.3. The molecule has 614 valence electrons. The predicted molar refractivity (Wildman–Crippen MR) is 458 cm³/mol. The number of ketones is 3. The maximum atomic E-state index is 12.7. The van der Waals surface area contributed by atoms with E-state index in [1.54, 1.807) is 96.4 Å². The third-order valence-corrected chi connectivity index (χ3v) is 24.8. The first-order valence-corrected chi connectivity index (χ1v) is 42.9. The zero-order valence-electron chi connectivity index (χ0n) is 66.7. The van der Waals surface area contributed by atoms with Crippen molar-refractivity contribution in [3.8, 4) is 45.7 Å². The smallest absolute Gasteiger partial charge is 0.223 e.